The maximum Gasteiger partial charge on any atom is 0.337 e. The van der Waals surface area contributed by atoms with Gasteiger partial charge in [0.1, 0.15) is 0 Å². The highest BCUT2D eigenvalue weighted by atomic mass is 16.4. The van der Waals surface area contributed by atoms with E-state index in [-0.39, 0.29) is 11.5 Å². The van der Waals surface area contributed by atoms with Gasteiger partial charge in [0.15, 0.2) is 0 Å². The Morgan fingerprint density at radius 2 is 1.41 bits per heavy atom. The number of hydrogen-bond donors (Lipinski definition) is 1. The fourth-order valence-corrected chi connectivity index (χ4v) is 2.76. The highest BCUT2D eigenvalue weighted by Gasteiger charge is 2.19. The summed E-state index contributed by atoms with van der Waals surface area (Å²) in [7, 11) is 1.58. The van der Waals surface area contributed by atoms with Crippen LogP contribution in [0.2, 0.25) is 0 Å². The molecule has 0 heterocycles. The molecule has 134 valence electrons. The van der Waals surface area contributed by atoms with E-state index in [4.69, 9.17) is 0 Å². The van der Waals surface area contributed by atoms with Crippen molar-refractivity contribution in [3.8, 4) is 0 Å². The Labute approximate surface area is 158 Å². The largest absolute Gasteiger partial charge is 0.478 e. The van der Waals surface area contributed by atoms with Gasteiger partial charge in [-0.05, 0) is 35.4 Å². The molecule has 3 rings (SSSR count). The van der Waals surface area contributed by atoms with Gasteiger partial charge in [0.05, 0.1) is 11.3 Å². The monoisotopic (exact) mass is 357 g/mol. The van der Waals surface area contributed by atoms with Crippen LogP contribution >= 0.6 is 0 Å². The van der Waals surface area contributed by atoms with Crippen molar-refractivity contribution < 1.29 is 14.7 Å². The molecule has 0 aromatic heterocycles. The summed E-state index contributed by atoms with van der Waals surface area (Å²) in [5.41, 5.74) is 2.71. The third-order valence-corrected chi connectivity index (χ3v) is 4.21. The standard InChI is InChI=1S/C23H19NO3/c1-24(22(25)19-10-6-3-7-11-19)21-15-14-18(16-20(21)23(26)27)13-12-17-8-4-2-5-9-17/h2-16H,1H3,(H,26,27)/b13-12+. The summed E-state index contributed by atoms with van der Waals surface area (Å²) in [6, 6.07) is 23.6. The summed E-state index contributed by atoms with van der Waals surface area (Å²) >= 11 is 0. The van der Waals surface area contributed by atoms with E-state index in [1.807, 2.05) is 48.6 Å². The zero-order valence-corrected chi connectivity index (χ0v) is 14.9. The van der Waals surface area contributed by atoms with Crippen LogP contribution in [0.3, 0.4) is 0 Å². The van der Waals surface area contributed by atoms with Gasteiger partial charge in [0.25, 0.3) is 5.91 Å². The van der Waals surface area contributed by atoms with E-state index in [0.29, 0.717) is 11.3 Å². The lowest BCUT2D eigenvalue weighted by Gasteiger charge is -2.20. The number of rotatable bonds is 5. The SMILES string of the molecule is CN(C(=O)c1ccccc1)c1ccc(/C=C/c2ccccc2)cc1C(=O)O. The lowest BCUT2D eigenvalue weighted by atomic mass is 10.1. The van der Waals surface area contributed by atoms with Crippen molar-refractivity contribution in [3.63, 3.8) is 0 Å². The van der Waals surface area contributed by atoms with Crippen LogP contribution in [0.5, 0.6) is 0 Å². The van der Waals surface area contributed by atoms with Crippen LogP contribution in [0.15, 0.2) is 78.9 Å². The number of amides is 1. The number of nitrogens with zero attached hydrogens (tertiary/aromatic N) is 1. The normalized spacial score (nSPS) is 10.7. The Morgan fingerprint density at radius 3 is 2.04 bits per heavy atom. The minimum Gasteiger partial charge on any atom is -0.478 e. The van der Waals surface area contributed by atoms with Gasteiger partial charge in [0.2, 0.25) is 0 Å². The predicted molar refractivity (Wildman–Crippen MR) is 108 cm³/mol. The Bertz CT molecular complexity index is 979. The molecule has 0 aliphatic heterocycles. The Hall–Kier alpha value is -3.66. The molecule has 0 atom stereocenters. The summed E-state index contributed by atoms with van der Waals surface area (Å²) in [6.45, 7) is 0. The van der Waals surface area contributed by atoms with Crippen LogP contribution in [0.4, 0.5) is 5.69 Å². The molecule has 0 saturated heterocycles. The number of anilines is 1. The molecular formula is C23H19NO3. The molecule has 0 spiro atoms. The average molecular weight is 357 g/mol. The van der Waals surface area contributed by atoms with E-state index in [9.17, 15) is 14.7 Å². The second-order valence-electron chi connectivity index (χ2n) is 6.06. The van der Waals surface area contributed by atoms with Crippen LogP contribution in [-0.4, -0.2) is 24.0 Å². The van der Waals surface area contributed by atoms with Gasteiger partial charge >= 0.3 is 5.97 Å². The van der Waals surface area contributed by atoms with Crippen LogP contribution in [0.1, 0.15) is 31.8 Å². The zero-order chi connectivity index (χ0) is 19.2. The molecule has 0 radical (unpaired) electrons. The van der Waals surface area contributed by atoms with Gasteiger partial charge in [-0.2, -0.15) is 0 Å². The highest BCUT2D eigenvalue weighted by Crippen LogP contribution is 2.24. The summed E-state index contributed by atoms with van der Waals surface area (Å²) in [5, 5.41) is 9.61. The van der Waals surface area contributed by atoms with E-state index in [0.717, 1.165) is 11.1 Å². The number of carbonyl (C=O) groups is 2. The summed E-state index contributed by atoms with van der Waals surface area (Å²) in [6.07, 6.45) is 3.77. The molecule has 0 aliphatic rings. The van der Waals surface area contributed by atoms with Crippen LogP contribution in [0.25, 0.3) is 12.2 Å². The van der Waals surface area contributed by atoms with Crippen molar-refractivity contribution in [1.29, 1.82) is 0 Å². The predicted octanol–water partition coefficient (Wildman–Crippen LogP) is 4.83. The van der Waals surface area contributed by atoms with E-state index >= 15 is 0 Å². The van der Waals surface area contributed by atoms with E-state index < -0.39 is 5.97 Å². The van der Waals surface area contributed by atoms with Gasteiger partial charge < -0.3 is 10.0 Å². The first-order valence-corrected chi connectivity index (χ1v) is 8.50. The zero-order valence-electron chi connectivity index (χ0n) is 14.9. The number of carbonyl (C=O) groups excluding carboxylic acids is 1. The first-order chi connectivity index (χ1) is 13.1. The van der Waals surface area contributed by atoms with Gasteiger partial charge in [-0.3, -0.25) is 4.79 Å². The van der Waals surface area contributed by atoms with E-state index in [1.165, 1.54) is 4.90 Å². The van der Waals surface area contributed by atoms with Crippen molar-refractivity contribution >= 4 is 29.7 Å². The third-order valence-electron chi connectivity index (χ3n) is 4.21. The summed E-state index contributed by atoms with van der Waals surface area (Å²) < 4.78 is 0. The second-order valence-corrected chi connectivity index (χ2v) is 6.06. The van der Waals surface area contributed by atoms with Gasteiger partial charge in [-0.15, -0.1) is 0 Å². The van der Waals surface area contributed by atoms with Crippen molar-refractivity contribution in [3.05, 3.63) is 101 Å². The molecule has 1 amide bonds. The molecule has 4 heteroatoms. The van der Waals surface area contributed by atoms with Gasteiger partial charge in [-0.1, -0.05) is 66.7 Å². The number of hydrogen-bond acceptors (Lipinski definition) is 2. The first kappa shape index (κ1) is 18.1. The van der Waals surface area contributed by atoms with Gasteiger partial charge in [0, 0.05) is 12.6 Å². The van der Waals surface area contributed by atoms with Crippen molar-refractivity contribution in [2.24, 2.45) is 0 Å². The van der Waals surface area contributed by atoms with Crippen LogP contribution in [0, 0.1) is 0 Å². The maximum absolute atomic E-state index is 12.6. The average Bonchev–Trinajstić information content (AvgIpc) is 2.72. The lowest BCUT2D eigenvalue weighted by Crippen LogP contribution is -2.27. The molecule has 0 unspecified atom stereocenters. The summed E-state index contributed by atoms with van der Waals surface area (Å²) in [4.78, 5) is 25.7. The lowest BCUT2D eigenvalue weighted by molar-refractivity contribution is 0.0697. The van der Waals surface area contributed by atoms with Crippen LogP contribution in [-0.2, 0) is 0 Å². The topological polar surface area (TPSA) is 57.6 Å². The molecular weight excluding hydrogens is 338 g/mol. The molecule has 27 heavy (non-hydrogen) atoms. The van der Waals surface area contributed by atoms with Gasteiger partial charge in [-0.25, -0.2) is 4.79 Å². The van der Waals surface area contributed by atoms with Crippen LogP contribution < -0.4 is 4.90 Å². The Morgan fingerprint density at radius 1 is 0.815 bits per heavy atom. The van der Waals surface area contributed by atoms with Crippen molar-refractivity contribution in [2.75, 3.05) is 11.9 Å². The molecule has 4 nitrogen and oxygen atoms in total. The number of aromatic carboxylic acids is 1. The number of carboxylic acids is 1. The molecule has 0 aliphatic carbocycles. The smallest absolute Gasteiger partial charge is 0.337 e. The molecule has 0 fully saturated rings. The van der Waals surface area contributed by atoms with E-state index in [2.05, 4.69) is 0 Å². The number of carboxylic acid groups (broad SMARTS) is 1. The summed E-state index contributed by atoms with van der Waals surface area (Å²) in [5.74, 6) is -1.33. The minimum absolute atomic E-state index is 0.0805. The maximum atomic E-state index is 12.6. The highest BCUT2D eigenvalue weighted by molar-refractivity contribution is 6.09. The van der Waals surface area contributed by atoms with Crippen molar-refractivity contribution in [1.82, 2.24) is 0 Å². The van der Waals surface area contributed by atoms with E-state index in [1.54, 1.807) is 49.5 Å². The first-order valence-electron chi connectivity index (χ1n) is 8.50. The fourth-order valence-electron chi connectivity index (χ4n) is 2.76. The second kappa shape index (κ2) is 8.15. The van der Waals surface area contributed by atoms with Crippen molar-refractivity contribution in [2.45, 2.75) is 0 Å². The fraction of sp³-hybridized carbons (Fsp3) is 0.0435. The third kappa shape index (κ3) is 4.30. The quantitative estimate of drug-likeness (QED) is 0.665. The molecule has 3 aromatic rings. The Balaban J connectivity index is 1.91. The molecule has 0 bridgehead atoms. The Kier molecular flexibility index (Phi) is 5.47. The molecule has 0 saturated carbocycles. The molecule has 1 N–H and O–H groups in total. The molecule has 3 aromatic carbocycles. The minimum atomic E-state index is -1.08. The number of benzene rings is 3.